The van der Waals surface area contributed by atoms with Crippen molar-refractivity contribution in [2.45, 2.75) is 12.8 Å². The lowest BCUT2D eigenvalue weighted by atomic mass is 10.3. The van der Waals surface area contributed by atoms with Gasteiger partial charge in [-0.15, -0.1) is 0 Å². The molecule has 0 aliphatic rings. The minimum atomic E-state index is -0.600. The van der Waals surface area contributed by atoms with Crippen molar-refractivity contribution in [3.63, 3.8) is 0 Å². The molecule has 0 aliphatic heterocycles. The molecule has 0 unspecified atom stereocenters. The van der Waals surface area contributed by atoms with Crippen LogP contribution in [0.15, 0.2) is 12.2 Å². The molecule has 0 heterocycles. The van der Waals surface area contributed by atoms with Crippen LogP contribution >= 0.6 is 0 Å². The Kier molecular flexibility index (Phi) is 7.45. The van der Waals surface area contributed by atoms with E-state index in [0.29, 0.717) is 12.8 Å². The van der Waals surface area contributed by atoms with Crippen molar-refractivity contribution in [2.24, 2.45) is 0 Å². The van der Waals surface area contributed by atoms with E-state index in [9.17, 15) is 9.59 Å². The van der Waals surface area contributed by atoms with Crippen molar-refractivity contribution in [3.8, 4) is 0 Å². The van der Waals surface area contributed by atoms with Crippen molar-refractivity contribution in [1.29, 1.82) is 0 Å². The van der Waals surface area contributed by atoms with E-state index in [0.717, 1.165) is 12.2 Å². The summed E-state index contributed by atoms with van der Waals surface area (Å²) in [6, 6.07) is 0. The molecular weight excluding hydrogens is 188 g/mol. The van der Waals surface area contributed by atoms with Crippen LogP contribution in [0.3, 0.4) is 0 Å². The molecule has 0 amide bonds. The topological polar surface area (TPSA) is 72.8 Å². The summed E-state index contributed by atoms with van der Waals surface area (Å²) in [5.41, 5.74) is 0. The third-order valence-electron chi connectivity index (χ3n) is 1.35. The van der Waals surface area contributed by atoms with Crippen LogP contribution in [0.2, 0.25) is 0 Å². The Labute approximate surface area is 82.3 Å². The minimum Gasteiger partial charge on any atom is -0.466 e. The number of aliphatic hydroxyl groups excluding tert-OH is 1. The Morgan fingerprint density at radius 2 is 1.86 bits per heavy atom. The zero-order valence-electron chi connectivity index (χ0n) is 8.06. The highest BCUT2D eigenvalue weighted by Crippen LogP contribution is 1.90. The normalized spacial score (nSPS) is 10.1. The van der Waals surface area contributed by atoms with Crippen LogP contribution in [0.25, 0.3) is 0 Å². The third kappa shape index (κ3) is 7.30. The monoisotopic (exact) mass is 202 g/mol. The van der Waals surface area contributed by atoms with Gasteiger partial charge in [-0.1, -0.05) is 0 Å². The van der Waals surface area contributed by atoms with E-state index in [1.165, 1.54) is 7.11 Å². The van der Waals surface area contributed by atoms with E-state index in [2.05, 4.69) is 4.74 Å². The number of unbranched alkanes of at least 4 members (excludes halogenated alkanes) is 1. The summed E-state index contributed by atoms with van der Waals surface area (Å²) in [5, 5.41) is 8.42. The van der Waals surface area contributed by atoms with Crippen LogP contribution in [-0.2, 0) is 19.1 Å². The second-order valence-electron chi connectivity index (χ2n) is 2.45. The van der Waals surface area contributed by atoms with E-state index in [4.69, 9.17) is 9.84 Å². The van der Waals surface area contributed by atoms with Crippen LogP contribution in [-0.4, -0.2) is 37.4 Å². The number of methoxy groups -OCH3 is 1. The molecule has 5 heteroatoms. The highest BCUT2D eigenvalue weighted by Gasteiger charge is 1.98. The second-order valence-corrected chi connectivity index (χ2v) is 2.45. The van der Waals surface area contributed by atoms with Gasteiger partial charge in [0.25, 0.3) is 0 Å². The van der Waals surface area contributed by atoms with E-state index < -0.39 is 11.9 Å². The maximum absolute atomic E-state index is 10.8. The first-order valence-electron chi connectivity index (χ1n) is 4.24. The number of ether oxygens (including phenoxy) is 2. The molecule has 80 valence electrons. The lowest BCUT2D eigenvalue weighted by Crippen LogP contribution is -2.04. The molecule has 1 N–H and O–H groups in total. The summed E-state index contributed by atoms with van der Waals surface area (Å²) in [4.78, 5) is 21.4. The second kappa shape index (κ2) is 8.25. The van der Waals surface area contributed by atoms with Crippen LogP contribution in [0, 0.1) is 0 Å². The molecule has 0 saturated carbocycles. The average molecular weight is 202 g/mol. The Morgan fingerprint density at radius 1 is 1.21 bits per heavy atom. The van der Waals surface area contributed by atoms with E-state index in [1.54, 1.807) is 0 Å². The average Bonchev–Trinajstić information content (AvgIpc) is 2.21. The molecule has 0 spiro atoms. The maximum atomic E-state index is 10.8. The Hall–Kier alpha value is -1.36. The lowest BCUT2D eigenvalue weighted by molar-refractivity contribution is -0.139. The maximum Gasteiger partial charge on any atom is 0.331 e. The molecule has 0 aromatic rings. The Bertz CT molecular complexity index is 209. The smallest absolute Gasteiger partial charge is 0.331 e. The van der Waals surface area contributed by atoms with Crippen molar-refractivity contribution in [3.05, 3.63) is 12.2 Å². The number of carbonyl (C=O) groups is 2. The molecule has 14 heavy (non-hydrogen) atoms. The third-order valence-corrected chi connectivity index (χ3v) is 1.35. The van der Waals surface area contributed by atoms with Gasteiger partial charge >= 0.3 is 11.9 Å². The van der Waals surface area contributed by atoms with Crippen molar-refractivity contribution < 1.29 is 24.2 Å². The standard InChI is InChI=1S/C9H14O5/c1-13-8(11)4-5-9(12)14-7-3-2-6-10/h4-5,10H,2-3,6-7H2,1H3/b5-4+. The largest absolute Gasteiger partial charge is 0.466 e. The van der Waals surface area contributed by atoms with E-state index in [-0.39, 0.29) is 13.2 Å². The summed E-state index contributed by atoms with van der Waals surface area (Å²) in [6.07, 6.45) is 3.20. The van der Waals surface area contributed by atoms with Crippen molar-refractivity contribution in [2.75, 3.05) is 20.3 Å². The first-order valence-corrected chi connectivity index (χ1v) is 4.24. The summed E-state index contributed by atoms with van der Waals surface area (Å²) in [5.74, 6) is -1.19. The Morgan fingerprint density at radius 3 is 2.43 bits per heavy atom. The molecule has 0 aromatic heterocycles. The summed E-state index contributed by atoms with van der Waals surface area (Å²) < 4.78 is 8.97. The molecule has 0 bridgehead atoms. The fourth-order valence-electron chi connectivity index (χ4n) is 0.639. The molecule has 0 atom stereocenters. The van der Waals surface area contributed by atoms with Gasteiger partial charge in [-0.05, 0) is 12.8 Å². The van der Waals surface area contributed by atoms with Crippen molar-refractivity contribution >= 4 is 11.9 Å². The fraction of sp³-hybridized carbons (Fsp3) is 0.556. The van der Waals surface area contributed by atoms with Gasteiger partial charge in [-0.3, -0.25) is 0 Å². The van der Waals surface area contributed by atoms with Crippen LogP contribution in [0.5, 0.6) is 0 Å². The van der Waals surface area contributed by atoms with Crippen molar-refractivity contribution in [1.82, 2.24) is 0 Å². The van der Waals surface area contributed by atoms with Gasteiger partial charge in [0, 0.05) is 18.8 Å². The summed E-state index contributed by atoms with van der Waals surface area (Å²) in [6.45, 7) is 0.320. The van der Waals surface area contributed by atoms with E-state index >= 15 is 0 Å². The van der Waals surface area contributed by atoms with Crippen LogP contribution in [0.1, 0.15) is 12.8 Å². The SMILES string of the molecule is COC(=O)/C=C/C(=O)OCCCCO. The highest BCUT2D eigenvalue weighted by atomic mass is 16.5. The zero-order chi connectivity index (χ0) is 10.8. The van der Waals surface area contributed by atoms with Crippen LogP contribution < -0.4 is 0 Å². The van der Waals surface area contributed by atoms with Crippen LogP contribution in [0.4, 0.5) is 0 Å². The molecule has 0 rings (SSSR count). The molecule has 0 aliphatic carbocycles. The van der Waals surface area contributed by atoms with Gasteiger partial charge in [0.2, 0.25) is 0 Å². The molecule has 0 saturated heterocycles. The number of aliphatic hydroxyl groups is 1. The zero-order valence-corrected chi connectivity index (χ0v) is 8.06. The van der Waals surface area contributed by atoms with Gasteiger partial charge in [0.15, 0.2) is 0 Å². The van der Waals surface area contributed by atoms with Gasteiger partial charge in [-0.2, -0.15) is 0 Å². The first kappa shape index (κ1) is 12.6. The molecule has 0 aromatic carbocycles. The number of hydrogen-bond acceptors (Lipinski definition) is 5. The van der Waals surface area contributed by atoms with Gasteiger partial charge in [0.1, 0.15) is 0 Å². The highest BCUT2D eigenvalue weighted by molar-refractivity contribution is 5.91. The molecule has 0 fully saturated rings. The predicted octanol–water partition coefficient (Wildman–Crippen LogP) is 0.0313. The number of carbonyl (C=O) groups excluding carboxylic acids is 2. The quantitative estimate of drug-likeness (QED) is 0.374. The number of esters is 2. The first-order chi connectivity index (χ1) is 6.70. The van der Waals surface area contributed by atoms with Gasteiger partial charge < -0.3 is 14.6 Å². The molecule has 5 nitrogen and oxygen atoms in total. The number of hydrogen-bond donors (Lipinski definition) is 1. The van der Waals surface area contributed by atoms with Gasteiger partial charge in [0.05, 0.1) is 13.7 Å². The predicted molar refractivity (Wildman–Crippen MR) is 48.4 cm³/mol. The van der Waals surface area contributed by atoms with Gasteiger partial charge in [-0.25, -0.2) is 9.59 Å². The molecular formula is C9H14O5. The fourth-order valence-corrected chi connectivity index (χ4v) is 0.639. The number of rotatable bonds is 6. The minimum absolute atomic E-state index is 0.0789. The van der Waals surface area contributed by atoms with E-state index in [1.807, 2.05) is 0 Å². The Balaban J connectivity index is 3.55. The summed E-state index contributed by atoms with van der Waals surface area (Å²) >= 11 is 0. The lowest BCUT2D eigenvalue weighted by Gasteiger charge is -1.99. The molecule has 0 radical (unpaired) electrons. The summed E-state index contributed by atoms with van der Waals surface area (Å²) in [7, 11) is 1.22.